The fourth-order valence-corrected chi connectivity index (χ4v) is 4.23. The minimum Gasteiger partial charge on any atom is -0.310 e. The van der Waals surface area contributed by atoms with Crippen molar-refractivity contribution >= 4 is 10.0 Å². The molecule has 1 aliphatic rings. The summed E-state index contributed by atoms with van der Waals surface area (Å²) in [4.78, 5) is 0. The first-order valence-electron chi connectivity index (χ1n) is 7.78. The van der Waals surface area contributed by atoms with Crippen LogP contribution in [-0.4, -0.2) is 37.6 Å². The maximum atomic E-state index is 12.0. The van der Waals surface area contributed by atoms with Crippen LogP contribution in [0.3, 0.4) is 0 Å². The van der Waals surface area contributed by atoms with Gasteiger partial charge in [0.25, 0.3) is 0 Å². The average Bonchev–Trinajstić information content (AvgIpc) is 2.47. The van der Waals surface area contributed by atoms with E-state index in [4.69, 9.17) is 0 Å². The Kier molecular flexibility index (Phi) is 5.79. The molecule has 0 unspecified atom stereocenters. The van der Waals surface area contributed by atoms with Crippen LogP contribution in [0.2, 0.25) is 0 Å². The number of benzene rings is 1. The second-order valence-corrected chi connectivity index (χ2v) is 7.94. The predicted octanol–water partition coefficient (Wildman–Crippen LogP) is 2.29. The van der Waals surface area contributed by atoms with E-state index in [2.05, 4.69) is 36.5 Å². The number of nitrogens with one attached hydrogen (secondary N) is 1. The zero-order valence-electron chi connectivity index (χ0n) is 13.0. The summed E-state index contributed by atoms with van der Waals surface area (Å²) in [6.45, 7) is 6.14. The molecule has 21 heavy (non-hydrogen) atoms. The lowest BCUT2D eigenvalue weighted by Gasteiger charge is -2.31. The Hall–Kier alpha value is -0.910. The average molecular weight is 310 g/mol. The van der Waals surface area contributed by atoms with Gasteiger partial charge in [-0.25, -0.2) is 12.7 Å². The molecule has 0 radical (unpaired) electrons. The number of nitrogens with zero attached hydrogens (tertiary/aromatic N) is 1. The maximum absolute atomic E-state index is 12.0. The molecule has 1 fully saturated rings. The number of aryl methyl sites for hydroxylation is 1. The van der Waals surface area contributed by atoms with Crippen LogP contribution in [0.5, 0.6) is 0 Å². The molecule has 5 heteroatoms. The molecule has 1 heterocycles. The van der Waals surface area contributed by atoms with E-state index >= 15 is 0 Å². The van der Waals surface area contributed by atoms with Gasteiger partial charge in [-0.15, -0.1) is 0 Å². The van der Waals surface area contributed by atoms with E-state index in [-0.39, 0.29) is 5.75 Å². The van der Waals surface area contributed by atoms with Crippen molar-refractivity contribution in [3.63, 3.8) is 0 Å². The van der Waals surface area contributed by atoms with Crippen LogP contribution in [-0.2, 0) is 16.6 Å². The summed E-state index contributed by atoms with van der Waals surface area (Å²) in [6.07, 6.45) is 2.48. The van der Waals surface area contributed by atoms with Crippen LogP contribution >= 0.6 is 0 Å². The van der Waals surface area contributed by atoms with Crippen LogP contribution in [0.4, 0.5) is 0 Å². The number of sulfonamides is 1. The third kappa shape index (κ3) is 4.80. The molecule has 0 aliphatic carbocycles. The van der Waals surface area contributed by atoms with E-state index in [1.165, 1.54) is 11.1 Å². The smallest absolute Gasteiger partial charge is 0.214 e. The topological polar surface area (TPSA) is 49.4 Å². The maximum Gasteiger partial charge on any atom is 0.214 e. The molecule has 0 amide bonds. The van der Waals surface area contributed by atoms with Crippen LogP contribution in [0.25, 0.3) is 0 Å². The van der Waals surface area contributed by atoms with E-state index in [1.807, 2.05) is 6.92 Å². The van der Waals surface area contributed by atoms with Crippen molar-refractivity contribution in [2.24, 2.45) is 0 Å². The van der Waals surface area contributed by atoms with Gasteiger partial charge >= 0.3 is 0 Å². The van der Waals surface area contributed by atoms with Crippen molar-refractivity contribution in [2.45, 2.75) is 45.7 Å². The molecule has 118 valence electrons. The minimum absolute atomic E-state index is 0.272. The summed E-state index contributed by atoms with van der Waals surface area (Å²) in [6, 6.07) is 8.94. The van der Waals surface area contributed by atoms with Crippen molar-refractivity contribution in [1.29, 1.82) is 0 Å². The number of rotatable bonds is 6. The Morgan fingerprint density at radius 1 is 1.19 bits per heavy atom. The lowest BCUT2D eigenvalue weighted by Crippen LogP contribution is -2.45. The Morgan fingerprint density at radius 2 is 1.81 bits per heavy atom. The Labute approximate surface area is 128 Å². The van der Waals surface area contributed by atoms with E-state index in [1.54, 1.807) is 4.31 Å². The molecule has 1 saturated heterocycles. The highest BCUT2D eigenvalue weighted by Gasteiger charge is 2.26. The molecule has 0 aromatic heterocycles. The molecular formula is C16H26N2O2S. The molecule has 0 atom stereocenters. The number of hydrogen-bond acceptors (Lipinski definition) is 3. The second-order valence-electron chi connectivity index (χ2n) is 5.86. The number of hydrogen-bond donors (Lipinski definition) is 1. The van der Waals surface area contributed by atoms with Gasteiger partial charge in [0.05, 0.1) is 5.75 Å². The quantitative estimate of drug-likeness (QED) is 0.877. The van der Waals surface area contributed by atoms with Crippen LogP contribution in [0, 0.1) is 6.92 Å². The lowest BCUT2D eigenvalue weighted by atomic mass is 10.1. The Morgan fingerprint density at radius 3 is 2.38 bits per heavy atom. The highest BCUT2D eigenvalue weighted by Crippen LogP contribution is 2.15. The fourth-order valence-electron chi connectivity index (χ4n) is 2.69. The SMILES string of the molecule is CCCS(=O)(=O)N1CCC(NCc2ccc(C)cc2)CC1. The second kappa shape index (κ2) is 7.38. The number of piperidine rings is 1. The standard InChI is InChI=1S/C16H26N2O2S/c1-3-12-21(19,20)18-10-8-16(9-11-18)17-13-15-6-4-14(2)5-7-15/h4-7,16-17H,3,8-13H2,1-2H3. The summed E-state index contributed by atoms with van der Waals surface area (Å²) >= 11 is 0. The molecule has 2 rings (SSSR count). The van der Waals surface area contributed by atoms with Gasteiger partial charge in [-0.05, 0) is 31.7 Å². The van der Waals surface area contributed by atoms with E-state index in [9.17, 15) is 8.42 Å². The van der Waals surface area contributed by atoms with Crippen molar-refractivity contribution < 1.29 is 8.42 Å². The van der Waals surface area contributed by atoms with Gasteiger partial charge in [0.1, 0.15) is 0 Å². The highest BCUT2D eigenvalue weighted by molar-refractivity contribution is 7.89. The largest absolute Gasteiger partial charge is 0.310 e. The van der Waals surface area contributed by atoms with Crippen molar-refractivity contribution in [3.8, 4) is 0 Å². The normalized spacial score (nSPS) is 18.0. The molecule has 1 aromatic rings. The van der Waals surface area contributed by atoms with Gasteiger partial charge < -0.3 is 5.32 Å². The molecule has 1 N–H and O–H groups in total. The zero-order valence-corrected chi connectivity index (χ0v) is 13.8. The first-order chi connectivity index (χ1) is 10.0. The molecule has 4 nitrogen and oxygen atoms in total. The summed E-state index contributed by atoms with van der Waals surface area (Å²) in [5.41, 5.74) is 2.55. The molecule has 0 bridgehead atoms. The van der Waals surface area contributed by atoms with Gasteiger partial charge in [0.15, 0.2) is 0 Å². The highest BCUT2D eigenvalue weighted by atomic mass is 32.2. The first kappa shape index (κ1) is 16.5. The minimum atomic E-state index is -3.02. The molecule has 1 aromatic carbocycles. The van der Waals surface area contributed by atoms with Crippen LogP contribution < -0.4 is 5.32 Å². The van der Waals surface area contributed by atoms with Gasteiger partial charge in [-0.3, -0.25) is 0 Å². The molecule has 0 saturated carbocycles. The third-order valence-corrected chi connectivity index (χ3v) is 6.10. The summed E-state index contributed by atoms with van der Waals surface area (Å²) in [7, 11) is -3.02. The molecular weight excluding hydrogens is 284 g/mol. The van der Waals surface area contributed by atoms with Crippen molar-refractivity contribution in [3.05, 3.63) is 35.4 Å². The van der Waals surface area contributed by atoms with Crippen molar-refractivity contribution in [1.82, 2.24) is 9.62 Å². The van der Waals surface area contributed by atoms with Gasteiger partial charge in [-0.2, -0.15) is 0 Å². The van der Waals surface area contributed by atoms with Gasteiger partial charge in [0, 0.05) is 25.7 Å². The summed E-state index contributed by atoms with van der Waals surface area (Å²) in [5.74, 6) is 0.272. The van der Waals surface area contributed by atoms with E-state index in [0.29, 0.717) is 25.6 Å². The van der Waals surface area contributed by atoms with E-state index < -0.39 is 10.0 Å². The third-order valence-electron chi connectivity index (χ3n) is 4.02. The fraction of sp³-hybridized carbons (Fsp3) is 0.625. The predicted molar refractivity (Wildman–Crippen MR) is 86.7 cm³/mol. The van der Waals surface area contributed by atoms with E-state index in [0.717, 1.165) is 19.4 Å². The zero-order chi connectivity index (χ0) is 15.3. The summed E-state index contributed by atoms with van der Waals surface area (Å²) in [5, 5.41) is 3.54. The summed E-state index contributed by atoms with van der Waals surface area (Å²) < 4.78 is 25.7. The van der Waals surface area contributed by atoms with Crippen molar-refractivity contribution in [2.75, 3.05) is 18.8 Å². The van der Waals surface area contributed by atoms with Crippen LogP contribution in [0.1, 0.15) is 37.3 Å². The first-order valence-corrected chi connectivity index (χ1v) is 9.39. The molecule has 0 spiro atoms. The Balaban J connectivity index is 1.78. The van der Waals surface area contributed by atoms with Gasteiger partial charge in [-0.1, -0.05) is 36.8 Å². The lowest BCUT2D eigenvalue weighted by molar-refractivity contribution is 0.288. The van der Waals surface area contributed by atoms with Gasteiger partial charge in [0.2, 0.25) is 10.0 Å². The van der Waals surface area contributed by atoms with Crippen LogP contribution in [0.15, 0.2) is 24.3 Å². The molecule has 1 aliphatic heterocycles. The Bertz CT molecular complexity index is 532. The monoisotopic (exact) mass is 310 g/mol.